The minimum Gasteiger partial charge on any atom is -0.339 e. The van der Waals surface area contributed by atoms with Crippen molar-refractivity contribution in [2.45, 2.75) is 38.5 Å². The Hall–Kier alpha value is -2.70. The monoisotopic (exact) mass is 381 g/mol. The molecule has 0 radical (unpaired) electrons. The zero-order chi connectivity index (χ0) is 19.3. The number of amides is 2. The largest absolute Gasteiger partial charge is 0.339 e. The summed E-state index contributed by atoms with van der Waals surface area (Å²) in [6.07, 6.45) is 8.35. The molecule has 4 rings (SSSR count). The summed E-state index contributed by atoms with van der Waals surface area (Å²) in [4.78, 5) is 30.3. The highest BCUT2D eigenvalue weighted by atomic mass is 16.2. The lowest BCUT2D eigenvalue weighted by atomic mass is 10.0. The summed E-state index contributed by atoms with van der Waals surface area (Å²) in [5, 5.41) is 8.52. The zero-order valence-electron chi connectivity index (χ0n) is 16.2. The van der Waals surface area contributed by atoms with E-state index >= 15 is 0 Å². The number of benzene rings is 1. The van der Waals surface area contributed by atoms with Crippen molar-refractivity contribution in [2.75, 3.05) is 26.2 Å². The Morgan fingerprint density at radius 2 is 1.64 bits per heavy atom. The Kier molecular flexibility index (Phi) is 5.69. The Balaban J connectivity index is 1.28. The minimum absolute atomic E-state index is 0.125. The molecule has 1 saturated carbocycles. The third kappa shape index (κ3) is 4.24. The first-order chi connectivity index (χ1) is 13.7. The van der Waals surface area contributed by atoms with Gasteiger partial charge in [-0.3, -0.25) is 9.59 Å². The topological polar surface area (TPSA) is 71.3 Å². The molecule has 0 unspecified atom stereocenters. The molecule has 1 aromatic heterocycles. The normalized spacial score (nSPS) is 17.9. The number of para-hydroxylation sites is 1. The second-order valence-corrected chi connectivity index (χ2v) is 7.72. The third-order valence-electron chi connectivity index (χ3n) is 5.86. The average Bonchev–Trinajstić information content (AvgIpc) is 3.44. The lowest BCUT2D eigenvalue weighted by molar-refractivity contribution is -0.133. The van der Waals surface area contributed by atoms with E-state index in [4.69, 9.17) is 0 Å². The second kappa shape index (κ2) is 8.54. The molecule has 1 aromatic carbocycles. The molecule has 2 aromatic rings. The molecule has 1 aliphatic carbocycles. The van der Waals surface area contributed by atoms with Gasteiger partial charge in [0.2, 0.25) is 5.91 Å². The third-order valence-corrected chi connectivity index (χ3v) is 5.86. The standard InChI is InChI=1S/C21H27N5O2/c27-20(11-10-17-6-4-5-7-17)24-12-14-25(15-13-24)21(28)19-16-22-26(23-19)18-8-2-1-3-9-18/h1-3,8-9,16-17H,4-7,10-15H2. The lowest BCUT2D eigenvalue weighted by Crippen LogP contribution is -2.50. The summed E-state index contributed by atoms with van der Waals surface area (Å²) in [6.45, 7) is 2.29. The van der Waals surface area contributed by atoms with Gasteiger partial charge in [-0.2, -0.15) is 9.90 Å². The molecule has 148 valence electrons. The first-order valence-corrected chi connectivity index (χ1v) is 10.3. The number of hydrogen-bond acceptors (Lipinski definition) is 4. The van der Waals surface area contributed by atoms with Crippen molar-refractivity contribution >= 4 is 11.8 Å². The molecule has 0 bridgehead atoms. The van der Waals surface area contributed by atoms with Crippen molar-refractivity contribution < 1.29 is 9.59 Å². The van der Waals surface area contributed by atoms with E-state index in [9.17, 15) is 9.59 Å². The van der Waals surface area contributed by atoms with Gasteiger partial charge in [-0.15, -0.1) is 5.10 Å². The molecule has 1 aliphatic heterocycles. The van der Waals surface area contributed by atoms with Gasteiger partial charge < -0.3 is 9.80 Å². The van der Waals surface area contributed by atoms with Crippen LogP contribution in [0.15, 0.2) is 36.5 Å². The minimum atomic E-state index is -0.125. The van der Waals surface area contributed by atoms with Crippen LogP contribution in [0.5, 0.6) is 0 Å². The Bertz CT molecular complexity index is 805. The second-order valence-electron chi connectivity index (χ2n) is 7.72. The van der Waals surface area contributed by atoms with E-state index in [1.165, 1.54) is 36.7 Å². The van der Waals surface area contributed by atoms with E-state index in [2.05, 4.69) is 10.2 Å². The molecule has 0 N–H and O–H groups in total. The van der Waals surface area contributed by atoms with E-state index < -0.39 is 0 Å². The van der Waals surface area contributed by atoms with Gasteiger partial charge in [-0.25, -0.2) is 0 Å². The fourth-order valence-electron chi connectivity index (χ4n) is 4.15. The molecule has 2 amide bonds. The number of rotatable bonds is 5. The van der Waals surface area contributed by atoms with Gasteiger partial charge in [-0.05, 0) is 24.5 Å². The highest BCUT2D eigenvalue weighted by Crippen LogP contribution is 2.28. The SMILES string of the molecule is O=C(CCC1CCCC1)N1CCN(C(=O)c2cnn(-c3ccccc3)n2)CC1. The predicted octanol–water partition coefficient (Wildman–Crippen LogP) is 2.52. The van der Waals surface area contributed by atoms with Crippen LogP contribution in [0.3, 0.4) is 0 Å². The van der Waals surface area contributed by atoms with E-state index in [-0.39, 0.29) is 11.8 Å². The first kappa shape index (κ1) is 18.7. The van der Waals surface area contributed by atoms with Crippen LogP contribution >= 0.6 is 0 Å². The number of nitrogens with zero attached hydrogens (tertiary/aromatic N) is 5. The molecular weight excluding hydrogens is 354 g/mol. The Morgan fingerprint density at radius 3 is 2.36 bits per heavy atom. The fraction of sp³-hybridized carbons (Fsp3) is 0.524. The molecule has 28 heavy (non-hydrogen) atoms. The first-order valence-electron chi connectivity index (χ1n) is 10.3. The number of hydrogen-bond donors (Lipinski definition) is 0. The predicted molar refractivity (Wildman–Crippen MR) is 105 cm³/mol. The number of carbonyl (C=O) groups is 2. The van der Waals surface area contributed by atoms with Crippen molar-refractivity contribution in [1.29, 1.82) is 0 Å². The molecule has 0 spiro atoms. The van der Waals surface area contributed by atoms with Crippen molar-refractivity contribution in [3.05, 3.63) is 42.2 Å². The summed E-state index contributed by atoms with van der Waals surface area (Å²) >= 11 is 0. The summed E-state index contributed by atoms with van der Waals surface area (Å²) in [5.74, 6) is 0.841. The Labute approximate surface area is 165 Å². The summed E-state index contributed by atoms with van der Waals surface area (Å²) in [6, 6.07) is 9.52. The molecular formula is C21H27N5O2. The number of carbonyl (C=O) groups excluding carboxylic acids is 2. The average molecular weight is 381 g/mol. The van der Waals surface area contributed by atoms with Crippen LogP contribution in [0, 0.1) is 5.92 Å². The van der Waals surface area contributed by atoms with Gasteiger partial charge in [0.15, 0.2) is 5.69 Å². The van der Waals surface area contributed by atoms with Gasteiger partial charge in [0.1, 0.15) is 0 Å². The molecule has 1 saturated heterocycles. The van der Waals surface area contributed by atoms with Crippen molar-refractivity contribution in [3.63, 3.8) is 0 Å². The molecule has 7 nitrogen and oxygen atoms in total. The molecule has 0 atom stereocenters. The smallest absolute Gasteiger partial charge is 0.276 e. The maximum Gasteiger partial charge on any atom is 0.276 e. The maximum atomic E-state index is 12.7. The maximum absolute atomic E-state index is 12.7. The van der Waals surface area contributed by atoms with Crippen LogP contribution in [0.1, 0.15) is 49.0 Å². The highest BCUT2D eigenvalue weighted by Gasteiger charge is 2.27. The van der Waals surface area contributed by atoms with Gasteiger partial charge in [-0.1, -0.05) is 43.9 Å². The van der Waals surface area contributed by atoms with Gasteiger partial charge in [0.05, 0.1) is 11.9 Å². The van der Waals surface area contributed by atoms with Crippen LogP contribution in [0.2, 0.25) is 0 Å². The summed E-state index contributed by atoms with van der Waals surface area (Å²) in [7, 11) is 0. The van der Waals surface area contributed by atoms with Crippen molar-refractivity contribution in [1.82, 2.24) is 24.8 Å². The zero-order valence-corrected chi connectivity index (χ0v) is 16.2. The Morgan fingerprint density at radius 1 is 0.964 bits per heavy atom. The van der Waals surface area contributed by atoms with Crippen LogP contribution < -0.4 is 0 Å². The highest BCUT2D eigenvalue weighted by molar-refractivity contribution is 5.92. The van der Waals surface area contributed by atoms with Crippen molar-refractivity contribution in [3.8, 4) is 5.69 Å². The van der Waals surface area contributed by atoms with Crippen LogP contribution in [0.4, 0.5) is 0 Å². The van der Waals surface area contributed by atoms with E-state index in [0.29, 0.717) is 38.3 Å². The van der Waals surface area contributed by atoms with Gasteiger partial charge >= 0.3 is 0 Å². The number of aromatic nitrogens is 3. The van der Waals surface area contributed by atoms with Crippen LogP contribution in [-0.4, -0.2) is 62.8 Å². The van der Waals surface area contributed by atoms with E-state index in [1.54, 1.807) is 4.90 Å². The summed E-state index contributed by atoms with van der Waals surface area (Å²) in [5.41, 5.74) is 1.16. The summed E-state index contributed by atoms with van der Waals surface area (Å²) < 4.78 is 0. The van der Waals surface area contributed by atoms with Crippen LogP contribution in [0.25, 0.3) is 5.69 Å². The number of piperazine rings is 1. The van der Waals surface area contributed by atoms with E-state index in [1.807, 2.05) is 35.2 Å². The van der Waals surface area contributed by atoms with Gasteiger partial charge in [0, 0.05) is 32.6 Å². The molecule has 7 heteroatoms. The van der Waals surface area contributed by atoms with Crippen molar-refractivity contribution in [2.24, 2.45) is 5.92 Å². The quantitative estimate of drug-likeness (QED) is 0.798. The fourth-order valence-corrected chi connectivity index (χ4v) is 4.15. The lowest BCUT2D eigenvalue weighted by Gasteiger charge is -2.34. The molecule has 2 heterocycles. The molecule has 2 fully saturated rings. The van der Waals surface area contributed by atoms with Crippen LogP contribution in [-0.2, 0) is 4.79 Å². The van der Waals surface area contributed by atoms with Gasteiger partial charge in [0.25, 0.3) is 5.91 Å². The molecule has 2 aliphatic rings. The van der Waals surface area contributed by atoms with E-state index in [0.717, 1.165) is 18.0 Å².